The lowest BCUT2D eigenvalue weighted by molar-refractivity contribution is 0.602. The lowest BCUT2D eigenvalue weighted by Gasteiger charge is -2.12. The quantitative estimate of drug-likeness (QED) is 0.882. The van der Waals surface area contributed by atoms with E-state index in [-0.39, 0.29) is 16.5 Å². The van der Waals surface area contributed by atoms with E-state index in [4.69, 9.17) is 0 Å². The van der Waals surface area contributed by atoms with Crippen LogP contribution >= 0.6 is 0 Å². The Hall–Kier alpha value is -2.20. The molecule has 0 spiro atoms. The van der Waals surface area contributed by atoms with Crippen molar-refractivity contribution in [3.63, 3.8) is 0 Å². The van der Waals surface area contributed by atoms with E-state index in [9.17, 15) is 16.8 Å². The first kappa shape index (κ1) is 15.2. The molecule has 1 heterocycles. The number of benzene rings is 1. The molecule has 0 atom stereocenters. The van der Waals surface area contributed by atoms with Gasteiger partial charge in [0.2, 0.25) is 20.0 Å². The van der Waals surface area contributed by atoms with Gasteiger partial charge in [0.15, 0.2) is 0 Å². The second-order valence-corrected chi connectivity index (χ2v) is 7.37. The van der Waals surface area contributed by atoms with Crippen LogP contribution in [0.2, 0.25) is 0 Å². The summed E-state index contributed by atoms with van der Waals surface area (Å²) in [6.45, 7) is 0. The number of nitrogens with one attached hydrogen (secondary N) is 1. The zero-order valence-corrected chi connectivity index (χ0v) is 12.5. The molecule has 0 radical (unpaired) electrons. The molecule has 0 amide bonds. The highest BCUT2D eigenvalue weighted by Crippen LogP contribution is 2.24. The number of aromatic nitrogens is 2. The van der Waals surface area contributed by atoms with E-state index in [2.05, 4.69) is 19.4 Å². The maximum atomic E-state index is 12.0. The van der Waals surface area contributed by atoms with Crippen molar-refractivity contribution < 1.29 is 16.8 Å². The molecule has 112 valence electrons. The van der Waals surface area contributed by atoms with E-state index < -0.39 is 20.0 Å². The summed E-state index contributed by atoms with van der Waals surface area (Å²) in [6.07, 6.45) is 3.75. The molecule has 0 aliphatic carbocycles. The molecule has 0 bridgehead atoms. The van der Waals surface area contributed by atoms with Gasteiger partial charge in [-0.3, -0.25) is 9.44 Å². The summed E-state index contributed by atoms with van der Waals surface area (Å²) in [6, 6.07) is 6.69. The van der Waals surface area contributed by atoms with Gasteiger partial charge in [0.1, 0.15) is 0 Å². The van der Waals surface area contributed by atoms with Crippen LogP contribution in [0.25, 0.3) is 4.72 Å². The van der Waals surface area contributed by atoms with Crippen LogP contribution in [-0.4, -0.2) is 33.1 Å². The van der Waals surface area contributed by atoms with Crippen molar-refractivity contribution in [3.8, 4) is 0 Å². The molecule has 1 aromatic carbocycles. The Morgan fingerprint density at radius 1 is 1.00 bits per heavy atom. The van der Waals surface area contributed by atoms with Gasteiger partial charge in [-0.15, -0.1) is 0 Å². The molecule has 21 heavy (non-hydrogen) atoms. The maximum absolute atomic E-state index is 12.0. The van der Waals surface area contributed by atoms with Crippen LogP contribution in [0.15, 0.2) is 47.6 Å². The van der Waals surface area contributed by atoms with Crippen LogP contribution in [0.4, 0.5) is 11.6 Å². The van der Waals surface area contributed by atoms with Gasteiger partial charge >= 0.3 is 0 Å². The standard InChI is InChI=1S/C11H11N4O4S2/c1-20(16,17)14-9-3-5-10(6-4-9)21(18,19)15-11-12-7-2-8-13-11/h2-8,14H,1H3/q-1. The highest BCUT2D eigenvalue weighted by molar-refractivity contribution is 7.94. The molecule has 0 saturated heterocycles. The predicted octanol–water partition coefficient (Wildman–Crippen LogP) is 1.24. The highest BCUT2D eigenvalue weighted by Gasteiger charge is 2.12. The van der Waals surface area contributed by atoms with Gasteiger partial charge in [-0.1, -0.05) is 6.07 Å². The average Bonchev–Trinajstić information content (AvgIpc) is 2.38. The predicted molar refractivity (Wildman–Crippen MR) is 77.1 cm³/mol. The monoisotopic (exact) mass is 327 g/mol. The normalized spacial score (nSPS) is 11.9. The van der Waals surface area contributed by atoms with E-state index in [1.807, 2.05) is 0 Å². The molecule has 0 aliphatic heterocycles. The third-order valence-electron chi connectivity index (χ3n) is 2.21. The Labute approximate surface area is 122 Å². The van der Waals surface area contributed by atoms with E-state index in [1.54, 1.807) is 0 Å². The number of nitrogens with zero attached hydrogens (tertiary/aromatic N) is 3. The number of rotatable bonds is 5. The van der Waals surface area contributed by atoms with Crippen molar-refractivity contribution in [2.45, 2.75) is 4.90 Å². The Balaban J connectivity index is 2.21. The van der Waals surface area contributed by atoms with Crippen molar-refractivity contribution in [2.75, 3.05) is 11.0 Å². The minimum Gasteiger partial charge on any atom is -0.366 e. The van der Waals surface area contributed by atoms with Crippen LogP contribution < -0.4 is 4.72 Å². The van der Waals surface area contributed by atoms with Crippen LogP contribution in [0.1, 0.15) is 0 Å². The molecule has 2 rings (SSSR count). The first-order valence-electron chi connectivity index (χ1n) is 5.59. The Morgan fingerprint density at radius 3 is 2.10 bits per heavy atom. The molecule has 0 fully saturated rings. The van der Waals surface area contributed by atoms with Crippen LogP contribution in [0, 0.1) is 0 Å². The average molecular weight is 327 g/mol. The van der Waals surface area contributed by atoms with Gasteiger partial charge < -0.3 is 9.97 Å². The van der Waals surface area contributed by atoms with Crippen molar-refractivity contribution in [1.82, 2.24) is 9.97 Å². The van der Waals surface area contributed by atoms with Gasteiger partial charge in [-0.25, -0.2) is 16.8 Å². The van der Waals surface area contributed by atoms with E-state index >= 15 is 0 Å². The van der Waals surface area contributed by atoms with E-state index in [0.717, 1.165) is 6.26 Å². The second-order valence-electron chi connectivity index (χ2n) is 4.01. The largest absolute Gasteiger partial charge is 0.366 e. The van der Waals surface area contributed by atoms with Crippen molar-refractivity contribution >= 4 is 31.7 Å². The summed E-state index contributed by atoms with van der Waals surface area (Å²) >= 11 is 0. The third-order valence-corrected chi connectivity index (χ3v) is 4.09. The van der Waals surface area contributed by atoms with Crippen molar-refractivity contribution in [1.29, 1.82) is 0 Å². The van der Waals surface area contributed by atoms with Crippen molar-refractivity contribution in [2.24, 2.45) is 0 Å². The number of anilines is 1. The summed E-state index contributed by atoms with van der Waals surface area (Å²) in [4.78, 5) is 7.32. The van der Waals surface area contributed by atoms with Crippen LogP contribution in [0.5, 0.6) is 0 Å². The van der Waals surface area contributed by atoms with Gasteiger partial charge in [0, 0.05) is 11.6 Å². The van der Waals surface area contributed by atoms with Gasteiger partial charge in [-0.05, 0) is 36.7 Å². The fourth-order valence-electron chi connectivity index (χ4n) is 1.41. The molecule has 0 aliphatic rings. The smallest absolute Gasteiger partial charge is 0.229 e. The molecular formula is C11H11N4O4S2-. The fraction of sp³-hybridized carbons (Fsp3) is 0.0909. The minimum atomic E-state index is -3.95. The van der Waals surface area contributed by atoms with Gasteiger partial charge in [0.05, 0.1) is 11.2 Å². The Morgan fingerprint density at radius 2 is 1.57 bits per heavy atom. The lowest BCUT2D eigenvalue weighted by atomic mass is 10.3. The molecule has 1 aromatic heterocycles. The number of hydrogen-bond donors (Lipinski definition) is 1. The Kier molecular flexibility index (Phi) is 4.09. The summed E-state index contributed by atoms with van der Waals surface area (Å²) in [7, 11) is -7.37. The molecule has 8 nitrogen and oxygen atoms in total. The van der Waals surface area contributed by atoms with Gasteiger partial charge in [-0.2, -0.15) is 0 Å². The first-order chi connectivity index (χ1) is 9.76. The zero-order chi connectivity index (χ0) is 15.5. The third kappa shape index (κ3) is 4.39. The second kappa shape index (κ2) is 5.66. The van der Waals surface area contributed by atoms with Crippen molar-refractivity contribution in [3.05, 3.63) is 47.4 Å². The number of sulfonamides is 2. The summed E-state index contributed by atoms with van der Waals surface area (Å²) in [5.41, 5.74) is 0.257. The minimum absolute atomic E-state index is 0.0889. The summed E-state index contributed by atoms with van der Waals surface area (Å²) in [5.74, 6) is -0.171. The van der Waals surface area contributed by atoms with E-state index in [1.165, 1.54) is 42.7 Å². The molecular weight excluding hydrogens is 316 g/mol. The van der Waals surface area contributed by atoms with Crippen LogP contribution in [0.3, 0.4) is 0 Å². The molecule has 0 saturated carbocycles. The molecule has 0 unspecified atom stereocenters. The highest BCUT2D eigenvalue weighted by atomic mass is 32.2. The fourth-order valence-corrected chi connectivity index (χ4v) is 2.87. The topological polar surface area (TPSA) is 120 Å². The van der Waals surface area contributed by atoms with Crippen LogP contribution in [-0.2, 0) is 20.0 Å². The lowest BCUT2D eigenvalue weighted by Crippen LogP contribution is -2.09. The molecule has 10 heteroatoms. The molecule has 2 aromatic rings. The maximum Gasteiger partial charge on any atom is 0.229 e. The van der Waals surface area contributed by atoms with Gasteiger partial charge in [0.25, 0.3) is 0 Å². The zero-order valence-electron chi connectivity index (χ0n) is 10.8. The summed E-state index contributed by atoms with van der Waals surface area (Å²) in [5, 5.41) is 0. The SMILES string of the molecule is CS(=O)(=O)Nc1ccc(S(=O)(=O)[N-]c2ncccn2)cc1. The molecule has 1 N–H and O–H groups in total. The Bertz CT molecular complexity index is 818. The summed E-state index contributed by atoms with van der Waals surface area (Å²) < 4.78 is 51.9. The number of hydrogen-bond acceptors (Lipinski definition) is 6. The van der Waals surface area contributed by atoms with E-state index in [0.29, 0.717) is 0 Å². The first-order valence-corrected chi connectivity index (χ1v) is 8.92.